The number of carbonyl (C=O) groups is 1. The lowest BCUT2D eigenvalue weighted by atomic mass is 10.3. The molecule has 1 heterocycles. The Bertz CT molecular complexity index is 237. The summed E-state index contributed by atoms with van der Waals surface area (Å²) in [5.41, 5.74) is 2.36. The quantitative estimate of drug-likeness (QED) is 0.640. The number of aryl methyl sites for hydroxylation is 2. The third kappa shape index (κ3) is 6.74. The molecule has 66 valence electrons. The number of hydrogen-bond donors (Lipinski definition) is 1. The largest absolute Gasteiger partial charge is 0.481 e. The van der Waals surface area contributed by atoms with Gasteiger partial charge in [0.2, 0.25) is 0 Å². The first-order valence-corrected chi connectivity index (χ1v) is 3.61. The Morgan fingerprint density at radius 3 is 2.25 bits per heavy atom. The van der Waals surface area contributed by atoms with Crippen molar-refractivity contribution < 1.29 is 9.90 Å². The fourth-order valence-corrected chi connectivity index (χ4v) is 0.687. The highest BCUT2D eigenvalue weighted by molar-refractivity contribution is 5.62. The number of rotatable bonds is 0. The molecule has 0 radical (unpaired) electrons. The van der Waals surface area contributed by atoms with Crippen LogP contribution in [0, 0.1) is 13.8 Å². The van der Waals surface area contributed by atoms with Crippen LogP contribution < -0.4 is 0 Å². The summed E-state index contributed by atoms with van der Waals surface area (Å²) >= 11 is 0. The van der Waals surface area contributed by atoms with E-state index in [0.29, 0.717) is 0 Å². The molecule has 0 saturated heterocycles. The molecule has 0 aromatic carbocycles. The summed E-state index contributed by atoms with van der Waals surface area (Å²) in [5.74, 6) is -0.833. The van der Waals surface area contributed by atoms with E-state index in [4.69, 9.17) is 9.90 Å². The van der Waals surface area contributed by atoms with Crippen LogP contribution >= 0.6 is 0 Å². The van der Waals surface area contributed by atoms with Gasteiger partial charge in [0.25, 0.3) is 5.97 Å². The summed E-state index contributed by atoms with van der Waals surface area (Å²) in [6, 6.07) is 4.05. The first-order valence-electron chi connectivity index (χ1n) is 3.61. The highest BCUT2D eigenvalue weighted by atomic mass is 16.4. The van der Waals surface area contributed by atoms with Gasteiger partial charge in [-0.1, -0.05) is 0 Å². The van der Waals surface area contributed by atoms with Gasteiger partial charge < -0.3 is 5.11 Å². The standard InChI is InChI=1S/C7H9N.C2H4O2/c1-6-3-4-8-7(2)5-6;1-2(3)4/h3-5H,1-2H3;1H3,(H,3,4). The molecule has 0 spiro atoms. The van der Waals surface area contributed by atoms with Crippen molar-refractivity contribution in [3.05, 3.63) is 29.6 Å². The van der Waals surface area contributed by atoms with Gasteiger partial charge in [-0.05, 0) is 31.5 Å². The van der Waals surface area contributed by atoms with Crippen molar-refractivity contribution in [2.75, 3.05) is 0 Å². The minimum absolute atomic E-state index is 0.833. The van der Waals surface area contributed by atoms with Crippen LogP contribution in [0.15, 0.2) is 18.3 Å². The number of hydrogen-bond acceptors (Lipinski definition) is 2. The van der Waals surface area contributed by atoms with Gasteiger partial charge in [-0.25, -0.2) is 0 Å². The normalized spacial score (nSPS) is 8.25. The van der Waals surface area contributed by atoms with Crippen molar-refractivity contribution in [2.24, 2.45) is 0 Å². The van der Waals surface area contributed by atoms with Crippen molar-refractivity contribution in [1.29, 1.82) is 0 Å². The highest BCUT2D eigenvalue weighted by Gasteiger charge is 1.82. The Hall–Kier alpha value is -1.38. The molecular formula is C9H13NO2. The van der Waals surface area contributed by atoms with Gasteiger partial charge in [0.05, 0.1) is 0 Å². The van der Waals surface area contributed by atoms with Gasteiger partial charge in [0.15, 0.2) is 0 Å². The molecule has 0 atom stereocenters. The summed E-state index contributed by atoms with van der Waals surface area (Å²) in [4.78, 5) is 13.0. The Morgan fingerprint density at radius 2 is 2.00 bits per heavy atom. The molecule has 3 nitrogen and oxygen atoms in total. The van der Waals surface area contributed by atoms with E-state index in [0.717, 1.165) is 12.6 Å². The van der Waals surface area contributed by atoms with Gasteiger partial charge in [0.1, 0.15) is 0 Å². The van der Waals surface area contributed by atoms with Crippen molar-refractivity contribution in [2.45, 2.75) is 20.8 Å². The first-order chi connectivity index (χ1) is 5.52. The predicted molar refractivity (Wildman–Crippen MR) is 47.0 cm³/mol. The van der Waals surface area contributed by atoms with Crippen LogP contribution in [0.2, 0.25) is 0 Å². The third-order valence-electron chi connectivity index (χ3n) is 1.05. The van der Waals surface area contributed by atoms with E-state index >= 15 is 0 Å². The molecule has 0 amide bonds. The molecule has 0 saturated carbocycles. The number of carboxylic acid groups (broad SMARTS) is 1. The van der Waals surface area contributed by atoms with E-state index in [1.807, 2.05) is 19.2 Å². The number of carboxylic acids is 1. The summed E-state index contributed by atoms with van der Waals surface area (Å²) < 4.78 is 0. The molecule has 0 aliphatic heterocycles. The van der Waals surface area contributed by atoms with Gasteiger partial charge in [0, 0.05) is 18.8 Å². The van der Waals surface area contributed by atoms with E-state index in [2.05, 4.69) is 18.0 Å². The van der Waals surface area contributed by atoms with Gasteiger partial charge in [-0.2, -0.15) is 0 Å². The number of nitrogens with zero attached hydrogens (tertiary/aromatic N) is 1. The highest BCUT2D eigenvalue weighted by Crippen LogP contribution is 1.95. The minimum atomic E-state index is -0.833. The monoisotopic (exact) mass is 167 g/mol. The fourth-order valence-electron chi connectivity index (χ4n) is 0.687. The van der Waals surface area contributed by atoms with Gasteiger partial charge in [-0.3, -0.25) is 9.78 Å². The molecule has 0 aliphatic rings. The predicted octanol–water partition coefficient (Wildman–Crippen LogP) is 1.79. The summed E-state index contributed by atoms with van der Waals surface area (Å²) in [7, 11) is 0. The molecule has 12 heavy (non-hydrogen) atoms. The fraction of sp³-hybridized carbons (Fsp3) is 0.333. The van der Waals surface area contributed by atoms with Crippen molar-refractivity contribution in [1.82, 2.24) is 4.98 Å². The molecule has 0 aliphatic carbocycles. The minimum Gasteiger partial charge on any atom is -0.481 e. The Labute approximate surface area is 72.1 Å². The maximum Gasteiger partial charge on any atom is 0.300 e. The average molecular weight is 167 g/mol. The van der Waals surface area contributed by atoms with Crippen molar-refractivity contribution in [3.8, 4) is 0 Å². The molecule has 1 rings (SSSR count). The van der Waals surface area contributed by atoms with E-state index in [9.17, 15) is 0 Å². The topological polar surface area (TPSA) is 50.2 Å². The van der Waals surface area contributed by atoms with E-state index in [-0.39, 0.29) is 0 Å². The lowest BCUT2D eigenvalue weighted by molar-refractivity contribution is -0.134. The van der Waals surface area contributed by atoms with Crippen molar-refractivity contribution in [3.63, 3.8) is 0 Å². The summed E-state index contributed by atoms with van der Waals surface area (Å²) in [6.45, 7) is 5.14. The lowest BCUT2D eigenvalue weighted by Gasteiger charge is -1.90. The van der Waals surface area contributed by atoms with E-state index in [1.165, 1.54) is 5.56 Å². The summed E-state index contributed by atoms with van der Waals surface area (Å²) in [5, 5.41) is 7.42. The number of aromatic nitrogens is 1. The smallest absolute Gasteiger partial charge is 0.300 e. The Balaban J connectivity index is 0.000000261. The molecular weight excluding hydrogens is 154 g/mol. The lowest BCUT2D eigenvalue weighted by Crippen LogP contribution is -1.78. The zero-order valence-corrected chi connectivity index (χ0v) is 7.53. The van der Waals surface area contributed by atoms with Crippen molar-refractivity contribution >= 4 is 5.97 Å². The molecule has 1 aromatic heterocycles. The number of aliphatic carboxylic acids is 1. The second kappa shape index (κ2) is 5.29. The molecule has 1 N–H and O–H groups in total. The van der Waals surface area contributed by atoms with Crippen LogP contribution in [0.4, 0.5) is 0 Å². The second-order valence-electron chi connectivity index (χ2n) is 2.49. The molecule has 0 bridgehead atoms. The molecule has 1 aromatic rings. The Kier molecular flexibility index (Phi) is 4.69. The van der Waals surface area contributed by atoms with Crippen LogP contribution in [0.25, 0.3) is 0 Å². The van der Waals surface area contributed by atoms with Crippen LogP contribution in [0.3, 0.4) is 0 Å². The second-order valence-corrected chi connectivity index (χ2v) is 2.49. The van der Waals surface area contributed by atoms with Crippen LogP contribution in [0.5, 0.6) is 0 Å². The average Bonchev–Trinajstić information content (AvgIpc) is 1.84. The Morgan fingerprint density at radius 1 is 1.50 bits per heavy atom. The maximum absolute atomic E-state index is 9.00. The van der Waals surface area contributed by atoms with Gasteiger partial charge in [-0.15, -0.1) is 0 Å². The molecule has 3 heteroatoms. The van der Waals surface area contributed by atoms with E-state index < -0.39 is 5.97 Å². The maximum atomic E-state index is 9.00. The van der Waals surface area contributed by atoms with Gasteiger partial charge >= 0.3 is 0 Å². The summed E-state index contributed by atoms with van der Waals surface area (Å²) in [6.07, 6.45) is 1.82. The van der Waals surface area contributed by atoms with E-state index in [1.54, 1.807) is 0 Å². The van der Waals surface area contributed by atoms with Crippen LogP contribution in [-0.2, 0) is 4.79 Å². The number of pyridine rings is 1. The molecule has 0 fully saturated rings. The first kappa shape index (κ1) is 10.6. The third-order valence-corrected chi connectivity index (χ3v) is 1.05. The van der Waals surface area contributed by atoms with Crippen LogP contribution in [0.1, 0.15) is 18.2 Å². The van der Waals surface area contributed by atoms with Crippen LogP contribution in [-0.4, -0.2) is 16.1 Å². The zero-order valence-electron chi connectivity index (χ0n) is 7.53. The zero-order chi connectivity index (χ0) is 9.56. The molecule has 0 unspecified atom stereocenters. The SMILES string of the molecule is CC(=O)O.Cc1ccnc(C)c1.